The van der Waals surface area contributed by atoms with Gasteiger partial charge in [-0.2, -0.15) is 22.7 Å². The van der Waals surface area contributed by atoms with Crippen molar-refractivity contribution in [1.82, 2.24) is 4.90 Å². The van der Waals surface area contributed by atoms with Gasteiger partial charge in [-0.3, -0.25) is 4.90 Å². The van der Waals surface area contributed by atoms with Gasteiger partial charge >= 0.3 is 11.9 Å². The standard InChI is InChI=1S/C22H26N2O2S2.C4H4O4/c1-26-21-4-2-3-20(15-21)24-11-9-23(10-12-24)8-7-22(25,18-5-13-27-16-18)19-6-14-28-17-19;5-3(6)1-2-4(7)8/h2-6,13-17,25H,7-12H2,1H3;1-2H,(H,5,6)(H,7,8)/b;2-1+. The van der Waals surface area contributed by atoms with Crippen molar-refractivity contribution >= 4 is 40.3 Å². The van der Waals surface area contributed by atoms with Crippen LogP contribution in [0.3, 0.4) is 0 Å². The number of benzene rings is 1. The highest BCUT2D eigenvalue weighted by atomic mass is 32.1. The molecule has 0 amide bonds. The smallest absolute Gasteiger partial charge is 0.328 e. The molecule has 1 saturated heterocycles. The fraction of sp³-hybridized carbons (Fsp3) is 0.308. The molecule has 0 saturated carbocycles. The molecule has 0 spiro atoms. The lowest BCUT2D eigenvalue weighted by Crippen LogP contribution is -2.47. The van der Waals surface area contributed by atoms with Gasteiger partial charge in [-0.05, 0) is 63.3 Å². The van der Waals surface area contributed by atoms with Crippen molar-refractivity contribution in [2.75, 3.05) is 44.7 Å². The van der Waals surface area contributed by atoms with E-state index in [4.69, 9.17) is 14.9 Å². The minimum absolute atomic E-state index is 0.558. The summed E-state index contributed by atoms with van der Waals surface area (Å²) in [7, 11) is 1.71. The molecule has 0 unspecified atom stereocenters. The number of rotatable bonds is 9. The maximum atomic E-state index is 11.5. The Labute approximate surface area is 218 Å². The summed E-state index contributed by atoms with van der Waals surface area (Å²) in [6.45, 7) is 4.86. The molecule has 0 atom stereocenters. The lowest BCUT2D eigenvalue weighted by Gasteiger charge is -2.38. The summed E-state index contributed by atoms with van der Waals surface area (Å²) in [6.07, 6.45) is 1.82. The number of carboxylic acids is 2. The first-order valence-corrected chi connectivity index (χ1v) is 13.2. The molecule has 1 aliphatic heterocycles. The maximum absolute atomic E-state index is 11.5. The Morgan fingerprint density at radius 1 is 0.972 bits per heavy atom. The zero-order valence-corrected chi connectivity index (χ0v) is 21.6. The average molecular weight is 531 g/mol. The van der Waals surface area contributed by atoms with E-state index in [2.05, 4.69) is 32.7 Å². The summed E-state index contributed by atoms with van der Waals surface area (Å²) in [5.74, 6) is -1.61. The molecule has 0 radical (unpaired) electrons. The van der Waals surface area contributed by atoms with Crippen molar-refractivity contribution in [3.8, 4) is 5.75 Å². The van der Waals surface area contributed by atoms with Crippen molar-refractivity contribution in [2.24, 2.45) is 0 Å². The number of carboxylic acid groups (broad SMARTS) is 2. The molecule has 3 aromatic rings. The van der Waals surface area contributed by atoms with Crippen LogP contribution in [0.4, 0.5) is 5.69 Å². The molecule has 3 heterocycles. The molecule has 36 heavy (non-hydrogen) atoms. The van der Waals surface area contributed by atoms with Crippen LogP contribution in [-0.2, 0) is 15.2 Å². The van der Waals surface area contributed by atoms with Gasteiger partial charge in [-0.15, -0.1) is 0 Å². The summed E-state index contributed by atoms with van der Waals surface area (Å²) in [6, 6.07) is 12.4. The number of methoxy groups -OCH3 is 1. The molecule has 192 valence electrons. The highest BCUT2D eigenvalue weighted by Crippen LogP contribution is 2.36. The van der Waals surface area contributed by atoms with Gasteiger partial charge in [-0.25, -0.2) is 9.59 Å². The molecule has 0 aliphatic carbocycles. The molecule has 8 nitrogen and oxygen atoms in total. The van der Waals surface area contributed by atoms with E-state index in [1.165, 1.54) is 5.69 Å². The third-order valence-electron chi connectivity index (χ3n) is 5.95. The molecule has 3 N–H and O–H groups in total. The van der Waals surface area contributed by atoms with E-state index < -0.39 is 17.5 Å². The minimum Gasteiger partial charge on any atom is -0.497 e. The lowest BCUT2D eigenvalue weighted by atomic mass is 9.86. The average Bonchev–Trinajstić information content (AvgIpc) is 3.62. The van der Waals surface area contributed by atoms with Crippen LogP contribution in [0.2, 0.25) is 0 Å². The lowest BCUT2D eigenvalue weighted by molar-refractivity contribution is -0.134. The van der Waals surface area contributed by atoms with Gasteiger partial charge in [0.25, 0.3) is 0 Å². The van der Waals surface area contributed by atoms with E-state index in [0.717, 1.165) is 49.6 Å². The van der Waals surface area contributed by atoms with Crippen LogP contribution in [0, 0.1) is 0 Å². The zero-order chi connectivity index (χ0) is 26.0. The van der Waals surface area contributed by atoms with E-state index in [0.29, 0.717) is 18.6 Å². The fourth-order valence-corrected chi connectivity index (χ4v) is 5.40. The van der Waals surface area contributed by atoms with E-state index in [-0.39, 0.29) is 0 Å². The van der Waals surface area contributed by atoms with Gasteiger partial charge in [0.05, 0.1) is 7.11 Å². The second-order valence-electron chi connectivity index (χ2n) is 8.17. The minimum atomic E-state index is -1.26. The number of thiophene rings is 2. The van der Waals surface area contributed by atoms with Crippen LogP contribution in [-0.4, -0.2) is 72.0 Å². The zero-order valence-electron chi connectivity index (χ0n) is 19.9. The number of ether oxygens (including phenoxy) is 1. The SMILES string of the molecule is COc1cccc(N2CCN(CCC(O)(c3ccsc3)c3ccsc3)CC2)c1.O=C(O)/C=C/C(=O)O. The van der Waals surface area contributed by atoms with E-state index in [9.17, 15) is 14.7 Å². The van der Waals surface area contributed by atoms with E-state index in [1.807, 2.05) is 35.0 Å². The van der Waals surface area contributed by atoms with Gasteiger partial charge < -0.3 is 25.0 Å². The summed E-state index contributed by atoms with van der Waals surface area (Å²) >= 11 is 3.28. The topological polar surface area (TPSA) is 111 Å². The second-order valence-corrected chi connectivity index (χ2v) is 9.73. The van der Waals surface area contributed by atoms with Crippen molar-refractivity contribution in [1.29, 1.82) is 0 Å². The monoisotopic (exact) mass is 530 g/mol. The van der Waals surface area contributed by atoms with Crippen LogP contribution in [0.15, 0.2) is 70.1 Å². The Bertz CT molecular complexity index is 1070. The molecule has 10 heteroatoms. The number of nitrogens with zero attached hydrogens (tertiary/aromatic N) is 2. The van der Waals surface area contributed by atoms with Crippen molar-refractivity contribution in [2.45, 2.75) is 12.0 Å². The van der Waals surface area contributed by atoms with Crippen LogP contribution < -0.4 is 9.64 Å². The van der Waals surface area contributed by atoms with Crippen molar-refractivity contribution < 1.29 is 29.6 Å². The molecule has 1 aliphatic rings. The Kier molecular flexibility index (Phi) is 10.1. The first kappa shape index (κ1) is 27.4. The Balaban J connectivity index is 0.000000392. The molecular formula is C26H30N2O6S2. The summed E-state index contributed by atoms with van der Waals surface area (Å²) in [5.41, 5.74) is 2.33. The van der Waals surface area contributed by atoms with Gasteiger partial charge in [0.1, 0.15) is 11.4 Å². The van der Waals surface area contributed by atoms with E-state index >= 15 is 0 Å². The van der Waals surface area contributed by atoms with Gasteiger partial charge in [0, 0.05) is 56.6 Å². The quantitative estimate of drug-likeness (QED) is 0.357. The molecule has 0 bridgehead atoms. The Morgan fingerprint density at radius 3 is 2.03 bits per heavy atom. The van der Waals surface area contributed by atoms with Crippen molar-refractivity contribution in [3.63, 3.8) is 0 Å². The number of hydrogen-bond acceptors (Lipinski definition) is 8. The third kappa shape index (κ3) is 7.66. The molecular weight excluding hydrogens is 500 g/mol. The summed E-state index contributed by atoms with van der Waals surface area (Å²) < 4.78 is 5.35. The normalized spacial score (nSPS) is 14.3. The van der Waals surface area contributed by atoms with Gasteiger partial charge in [0.15, 0.2) is 0 Å². The number of hydrogen-bond donors (Lipinski definition) is 3. The highest BCUT2D eigenvalue weighted by Gasteiger charge is 2.33. The highest BCUT2D eigenvalue weighted by molar-refractivity contribution is 7.08. The number of carbonyl (C=O) groups is 2. The largest absolute Gasteiger partial charge is 0.497 e. The Morgan fingerprint density at radius 2 is 1.56 bits per heavy atom. The molecule has 1 fully saturated rings. The molecule has 2 aromatic heterocycles. The third-order valence-corrected chi connectivity index (χ3v) is 7.31. The van der Waals surface area contributed by atoms with Gasteiger partial charge in [-0.1, -0.05) is 6.07 Å². The van der Waals surface area contributed by atoms with Gasteiger partial charge in [0.2, 0.25) is 0 Å². The predicted octanol–water partition coefficient (Wildman–Crippen LogP) is 3.98. The van der Waals surface area contributed by atoms with Crippen LogP contribution in [0.1, 0.15) is 17.5 Å². The number of piperazine rings is 1. The summed E-state index contributed by atoms with van der Waals surface area (Å²) in [5, 5.41) is 35.4. The van der Waals surface area contributed by atoms with Crippen LogP contribution in [0.25, 0.3) is 0 Å². The number of aliphatic hydroxyl groups is 1. The van der Waals surface area contributed by atoms with E-state index in [1.54, 1.807) is 29.8 Å². The van der Waals surface area contributed by atoms with Crippen LogP contribution in [0.5, 0.6) is 5.75 Å². The van der Waals surface area contributed by atoms with Crippen molar-refractivity contribution in [3.05, 3.63) is 81.2 Å². The predicted molar refractivity (Wildman–Crippen MR) is 142 cm³/mol. The maximum Gasteiger partial charge on any atom is 0.328 e. The van der Waals surface area contributed by atoms with Crippen LogP contribution >= 0.6 is 22.7 Å². The first-order valence-electron chi connectivity index (χ1n) is 11.3. The fourth-order valence-electron chi connectivity index (χ4n) is 3.95. The second kappa shape index (κ2) is 13.2. The number of aliphatic carboxylic acids is 2. The first-order chi connectivity index (χ1) is 17.3. The number of anilines is 1. The molecule has 1 aromatic carbocycles. The summed E-state index contributed by atoms with van der Waals surface area (Å²) in [4.78, 5) is 24.0. The Hall–Kier alpha value is -3.18. The molecule has 4 rings (SSSR count).